The summed E-state index contributed by atoms with van der Waals surface area (Å²) in [5.74, 6) is 0.0964. The summed E-state index contributed by atoms with van der Waals surface area (Å²) in [7, 11) is 3.02. The number of amides is 1. The first-order chi connectivity index (χ1) is 14.0. The molecule has 150 valence electrons. The van der Waals surface area contributed by atoms with Crippen molar-refractivity contribution in [1.29, 1.82) is 0 Å². The van der Waals surface area contributed by atoms with E-state index >= 15 is 0 Å². The van der Waals surface area contributed by atoms with Crippen molar-refractivity contribution >= 4 is 34.7 Å². The molecule has 8 nitrogen and oxygen atoms in total. The Morgan fingerprint density at radius 1 is 1.10 bits per heavy atom. The number of methoxy groups -OCH3 is 2. The van der Waals surface area contributed by atoms with Gasteiger partial charge in [0.05, 0.1) is 14.2 Å². The standard InChI is InChI=1S/C21H20N2O6/c1-13(21(25)22-14-8-9-17(26-2)18(12-14)27-3)28-20(24)11-10-19-23-15-6-4-5-7-16(15)29-19/h4-13H,1-3H3,(H,22,25)/b11-10+/t13-/m0/s1. The molecule has 0 aliphatic carbocycles. The van der Waals surface area contributed by atoms with Crippen molar-refractivity contribution in [1.82, 2.24) is 4.98 Å². The van der Waals surface area contributed by atoms with Crippen molar-refractivity contribution in [3.8, 4) is 11.5 Å². The van der Waals surface area contributed by atoms with Crippen LogP contribution in [0.3, 0.4) is 0 Å². The Kier molecular flexibility index (Phi) is 6.13. The fourth-order valence-electron chi connectivity index (χ4n) is 2.53. The van der Waals surface area contributed by atoms with Crippen molar-refractivity contribution in [2.45, 2.75) is 13.0 Å². The number of hydrogen-bond donors (Lipinski definition) is 1. The molecule has 3 aromatic rings. The van der Waals surface area contributed by atoms with E-state index in [0.29, 0.717) is 28.3 Å². The summed E-state index contributed by atoms with van der Waals surface area (Å²) in [5.41, 5.74) is 1.78. The lowest BCUT2D eigenvalue weighted by molar-refractivity contribution is -0.148. The van der Waals surface area contributed by atoms with Gasteiger partial charge in [-0.25, -0.2) is 9.78 Å². The van der Waals surface area contributed by atoms with Gasteiger partial charge in [0.2, 0.25) is 5.89 Å². The molecule has 0 radical (unpaired) electrons. The van der Waals surface area contributed by atoms with Gasteiger partial charge in [0, 0.05) is 23.9 Å². The highest BCUT2D eigenvalue weighted by Gasteiger charge is 2.17. The molecule has 2 aromatic carbocycles. The number of nitrogens with one attached hydrogen (secondary N) is 1. The maximum atomic E-state index is 12.3. The summed E-state index contributed by atoms with van der Waals surface area (Å²) in [6.45, 7) is 1.47. The first kappa shape index (κ1) is 19.9. The molecular weight excluding hydrogens is 376 g/mol. The zero-order chi connectivity index (χ0) is 20.8. The zero-order valence-electron chi connectivity index (χ0n) is 16.2. The topological polar surface area (TPSA) is 99.9 Å². The van der Waals surface area contributed by atoms with Gasteiger partial charge in [-0.3, -0.25) is 4.79 Å². The quantitative estimate of drug-likeness (QED) is 0.482. The van der Waals surface area contributed by atoms with Crippen LogP contribution in [0.25, 0.3) is 17.2 Å². The Bertz CT molecular complexity index is 1020. The van der Waals surface area contributed by atoms with Crippen molar-refractivity contribution < 1.29 is 28.2 Å². The van der Waals surface area contributed by atoms with E-state index in [1.807, 2.05) is 12.1 Å². The van der Waals surface area contributed by atoms with Gasteiger partial charge in [0.15, 0.2) is 23.2 Å². The van der Waals surface area contributed by atoms with Crippen molar-refractivity contribution in [2.75, 3.05) is 19.5 Å². The van der Waals surface area contributed by atoms with Crippen LogP contribution in [0.2, 0.25) is 0 Å². The highest BCUT2D eigenvalue weighted by molar-refractivity contribution is 5.96. The summed E-state index contributed by atoms with van der Waals surface area (Å²) >= 11 is 0. The van der Waals surface area contributed by atoms with Crippen molar-refractivity contribution in [2.24, 2.45) is 0 Å². The van der Waals surface area contributed by atoms with E-state index in [4.69, 9.17) is 18.6 Å². The van der Waals surface area contributed by atoms with Crippen LogP contribution in [0.5, 0.6) is 11.5 Å². The van der Waals surface area contributed by atoms with Gasteiger partial charge in [0.1, 0.15) is 5.52 Å². The van der Waals surface area contributed by atoms with Gasteiger partial charge < -0.3 is 23.9 Å². The Labute approximate surface area is 167 Å². The predicted octanol–water partition coefficient (Wildman–Crippen LogP) is 3.43. The predicted molar refractivity (Wildman–Crippen MR) is 107 cm³/mol. The number of fused-ring (bicyclic) bond motifs is 1. The minimum Gasteiger partial charge on any atom is -0.493 e. The Morgan fingerprint density at radius 3 is 2.59 bits per heavy atom. The molecule has 0 saturated heterocycles. The van der Waals surface area contributed by atoms with E-state index in [0.717, 1.165) is 6.08 Å². The molecule has 1 heterocycles. The molecule has 0 bridgehead atoms. The number of benzene rings is 2. The second kappa shape index (κ2) is 8.92. The lowest BCUT2D eigenvalue weighted by Crippen LogP contribution is -2.29. The van der Waals surface area contributed by atoms with Crippen molar-refractivity contribution in [3.05, 3.63) is 54.4 Å². The van der Waals surface area contributed by atoms with E-state index in [2.05, 4.69) is 10.3 Å². The highest BCUT2D eigenvalue weighted by atomic mass is 16.5. The molecule has 0 saturated carbocycles. The molecule has 0 fully saturated rings. The van der Waals surface area contributed by atoms with Crippen LogP contribution in [0.4, 0.5) is 5.69 Å². The number of hydrogen-bond acceptors (Lipinski definition) is 7. The number of nitrogens with zero attached hydrogens (tertiary/aromatic N) is 1. The minimum atomic E-state index is -1.01. The number of carbonyl (C=O) groups is 2. The summed E-state index contributed by atoms with van der Waals surface area (Å²) in [6.07, 6.45) is 1.54. The summed E-state index contributed by atoms with van der Waals surface area (Å²) in [5, 5.41) is 2.66. The van der Waals surface area contributed by atoms with Crippen LogP contribution >= 0.6 is 0 Å². The lowest BCUT2D eigenvalue weighted by atomic mass is 10.2. The number of rotatable bonds is 7. The fourth-order valence-corrected chi connectivity index (χ4v) is 2.53. The van der Waals surface area contributed by atoms with Gasteiger partial charge in [-0.2, -0.15) is 0 Å². The maximum Gasteiger partial charge on any atom is 0.331 e. The zero-order valence-corrected chi connectivity index (χ0v) is 16.2. The number of para-hydroxylation sites is 2. The van der Waals surface area contributed by atoms with E-state index in [1.54, 1.807) is 30.3 Å². The molecule has 1 atom stereocenters. The maximum absolute atomic E-state index is 12.3. The fraction of sp³-hybridized carbons (Fsp3) is 0.190. The third-order valence-electron chi connectivity index (χ3n) is 3.99. The molecule has 0 spiro atoms. The molecule has 1 N–H and O–H groups in total. The van der Waals surface area contributed by atoms with E-state index in [-0.39, 0.29) is 5.89 Å². The SMILES string of the molecule is COc1ccc(NC(=O)[C@H](C)OC(=O)/C=C/c2nc3ccccc3o2)cc1OC. The largest absolute Gasteiger partial charge is 0.493 e. The molecule has 29 heavy (non-hydrogen) atoms. The van der Waals surface area contributed by atoms with Crippen LogP contribution in [0.15, 0.2) is 53.0 Å². The number of oxazole rings is 1. The highest BCUT2D eigenvalue weighted by Crippen LogP contribution is 2.29. The van der Waals surface area contributed by atoms with Crippen LogP contribution in [-0.4, -0.2) is 37.2 Å². The van der Waals surface area contributed by atoms with E-state index in [1.165, 1.54) is 27.2 Å². The third-order valence-corrected chi connectivity index (χ3v) is 3.99. The van der Waals surface area contributed by atoms with Crippen LogP contribution in [0.1, 0.15) is 12.8 Å². The number of aromatic nitrogens is 1. The van der Waals surface area contributed by atoms with Gasteiger partial charge in [-0.1, -0.05) is 12.1 Å². The summed E-state index contributed by atoms with van der Waals surface area (Å²) in [6, 6.07) is 12.2. The summed E-state index contributed by atoms with van der Waals surface area (Å²) < 4.78 is 20.9. The molecule has 1 amide bonds. The molecule has 3 rings (SSSR count). The number of ether oxygens (including phenoxy) is 3. The van der Waals surface area contributed by atoms with Gasteiger partial charge in [-0.05, 0) is 31.2 Å². The lowest BCUT2D eigenvalue weighted by Gasteiger charge is -2.14. The molecule has 8 heteroatoms. The monoisotopic (exact) mass is 396 g/mol. The van der Waals surface area contributed by atoms with Crippen molar-refractivity contribution in [3.63, 3.8) is 0 Å². The smallest absolute Gasteiger partial charge is 0.331 e. The molecular formula is C21H20N2O6. The van der Waals surface area contributed by atoms with E-state index in [9.17, 15) is 9.59 Å². The molecule has 0 aliphatic rings. The minimum absolute atomic E-state index is 0.269. The Morgan fingerprint density at radius 2 is 1.86 bits per heavy atom. The van der Waals surface area contributed by atoms with Crippen LogP contribution < -0.4 is 14.8 Å². The number of anilines is 1. The number of carbonyl (C=O) groups excluding carboxylic acids is 2. The van der Waals surface area contributed by atoms with Gasteiger partial charge >= 0.3 is 5.97 Å². The average molecular weight is 396 g/mol. The molecule has 0 unspecified atom stereocenters. The van der Waals surface area contributed by atoms with E-state index < -0.39 is 18.0 Å². The Balaban J connectivity index is 1.58. The third kappa shape index (κ3) is 4.92. The second-order valence-electron chi connectivity index (χ2n) is 5.99. The molecule has 1 aromatic heterocycles. The first-order valence-electron chi connectivity index (χ1n) is 8.77. The second-order valence-corrected chi connectivity index (χ2v) is 5.99. The molecule has 0 aliphatic heterocycles. The average Bonchev–Trinajstić information content (AvgIpc) is 3.15. The first-order valence-corrected chi connectivity index (χ1v) is 8.77. The summed E-state index contributed by atoms with van der Waals surface area (Å²) in [4.78, 5) is 28.5. The Hall–Kier alpha value is -3.81. The van der Waals surface area contributed by atoms with Gasteiger partial charge in [0.25, 0.3) is 5.91 Å². The van der Waals surface area contributed by atoms with Crippen LogP contribution in [-0.2, 0) is 14.3 Å². The van der Waals surface area contributed by atoms with Gasteiger partial charge in [-0.15, -0.1) is 0 Å². The number of esters is 1. The normalized spacial score (nSPS) is 12.0. The van der Waals surface area contributed by atoms with Crippen LogP contribution in [0, 0.1) is 0 Å².